The highest BCUT2D eigenvalue weighted by atomic mass is 32.2. The van der Waals surface area contributed by atoms with Crippen LogP contribution in [0, 0.1) is 5.82 Å². The fourth-order valence-electron chi connectivity index (χ4n) is 4.51. The van der Waals surface area contributed by atoms with Crippen LogP contribution >= 0.6 is 0 Å². The number of benzene rings is 2. The molecule has 160 valence electrons. The van der Waals surface area contributed by atoms with E-state index in [4.69, 9.17) is 4.74 Å². The van der Waals surface area contributed by atoms with Crippen LogP contribution < -0.4 is 10.1 Å². The first kappa shape index (κ1) is 20.8. The monoisotopic (exact) mass is 432 g/mol. The van der Waals surface area contributed by atoms with Crippen molar-refractivity contribution >= 4 is 15.9 Å². The maximum absolute atomic E-state index is 13.3. The molecule has 1 N–H and O–H groups in total. The van der Waals surface area contributed by atoms with Crippen LogP contribution in [0.4, 0.5) is 4.39 Å². The average molecular weight is 433 g/mol. The van der Waals surface area contributed by atoms with E-state index >= 15 is 0 Å². The number of hydrogen-bond acceptors (Lipinski definition) is 4. The first-order chi connectivity index (χ1) is 14.4. The van der Waals surface area contributed by atoms with Gasteiger partial charge in [-0.05, 0) is 81.1 Å². The van der Waals surface area contributed by atoms with Crippen molar-refractivity contribution in [3.05, 3.63) is 59.9 Å². The summed E-state index contributed by atoms with van der Waals surface area (Å²) in [5, 5.41) is 2.99. The van der Waals surface area contributed by atoms with E-state index in [0.717, 1.165) is 12.8 Å². The maximum atomic E-state index is 13.3. The molecule has 0 saturated carbocycles. The van der Waals surface area contributed by atoms with Gasteiger partial charge in [0.2, 0.25) is 10.0 Å². The van der Waals surface area contributed by atoms with Crippen LogP contribution in [0.1, 0.15) is 43.0 Å². The summed E-state index contributed by atoms with van der Waals surface area (Å²) in [5.74, 6) is -0.0127. The van der Waals surface area contributed by atoms with Crippen LogP contribution in [0.15, 0.2) is 53.4 Å². The van der Waals surface area contributed by atoms with Crippen molar-refractivity contribution in [2.75, 3.05) is 6.61 Å². The molecule has 2 bridgehead atoms. The van der Waals surface area contributed by atoms with Gasteiger partial charge in [-0.3, -0.25) is 4.79 Å². The number of carbonyl (C=O) groups is 1. The molecular formula is C22H25FN2O4S. The zero-order valence-electron chi connectivity index (χ0n) is 16.8. The zero-order valence-corrected chi connectivity index (χ0v) is 17.6. The third-order valence-electron chi connectivity index (χ3n) is 5.82. The van der Waals surface area contributed by atoms with Crippen molar-refractivity contribution in [3.8, 4) is 5.75 Å². The highest BCUT2D eigenvalue weighted by molar-refractivity contribution is 7.89. The smallest absolute Gasteiger partial charge is 0.251 e. The lowest BCUT2D eigenvalue weighted by atomic mass is 9.99. The molecule has 2 aliphatic heterocycles. The van der Waals surface area contributed by atoms with Gasteiger partial charge in [0.25, 0.3) is 5.91 Å². The minimum absolute atomic E-state index is 0.105. The Hall–Kier alpha value is -2.45. The van der Waals surface area contributed by atoms with E-state index in [1.807, 2.05) is 6.92 Å². The number of sulfonamides is 1. The van der Waals surface area contributed by atoms with E-state index in [-0.39, 0.29) is 28.9 Å². The van der Waals surface area contributed by atoms with E-state index in [1.165, 1.54) is 24.3 Å². The topological polar surface area (TPSA) is 75.7 Å². The minimum atomic E-state index is -3.62. The Kier molecular flexibility index (Phi) is 5.79. The number of carbonyl (C=O) groups excluding carboxylic acids is 1. The van der Waals surface area contributed by atoms with Crippen molar-refractivity contribution in [2.24, 2.45) is 0 Å². The number of piperidine rings is 1. The van der Waals surface area contributed by atoms with Crippen LogP contribution in [0.5, 0.6) is 5.75 Å². The third kappa shape index (κ3) is 4.06. The summed E-state index contributed by atoms with van der Waals surface area (Å²) >= 11 is 0. The van der Waals surface area contributed by atoms with Gasteiger partial charge in [0.1, 0.15) is 11.6 Å². The molecular weight excluding hydrogens is 407 g/mol. The first-order valence-electron chi connectivity index (χ1n) is 10.2. The summed E-state index contributed by atoms with van der Waals surface area (Å²) in [6.45, 7) is 2.40. The van der Waals surface area contributed by atoms with Gasteiger partial charge in [-0.25, -0.2) is 12.8 Å². The van der Waals surface area contributed by atoms with Gasteiger partial charge >= 0.3 is 0 Å². The van der Waals surface area contributed by atoms with E-state index in [9.17, 15) is 17.6 Å². The second-order valence-corrected chi connectivity index (χ2v) is 9.62. The summed E-state index contributed by atoms with van der Waals surface area (Å²) in [7, 11) is -3.62. The number of fused-ring (bicyclic) bond motifs is 2. The largest absolute Gasteiger partial charge is 0.494 e. The van der Waals surface area contributed by atoms with E-state index in [0.29, 0.717) is 30.8 Å². The van der Waals surface area contributed by atoms with Crippen LogP contribution in [0.3, 0.4) is 0 Å². The number of nitrogens with zero attached hydrogens (tertiary/aromatic N) is 1. The summed E-state index contributed by atoms with van der Waals surface area (Å²) in [4.78, 5) is 12.7. The molecule has 2 aromatic carbocycles. The number of halogens is 1. The molecule has 0 aromatic heterocycles. The molecule has 0 spiro atoms. The highest BCUT2D eigenvalue weighted by Crippen LogP contribution is 2.40. The van der Waals surface area contributed by atoms with Gasteiger partial charge in [0, 0.05) is 23.7 Å². The zero-order chi connectivity index (χ0) is 21.3. The summed E-state index contributed by atoms with van der Waals surface area (Å²) < 4.78 is 46.6. The van der Waals surface area contributed by atoms with Gasteiger partial charge in [-0.2, -0.15) is 4.31 Å². The van der Waals surface area contributed by atoms with Crippen molar-refractivity contribution in [3.63, 3.8) is 0 Å². The minimum Gasteiger partial charge on any atom is -0.494 e. The Labute approximate surface area is 176 Å². The molecule has 3 atom stereocenters. The molecule has 1 amide bonds. The molecule has 30 heavy (non-hydrogen) atoms. The molecule has 2 aliphatic rings. The summed E-state index contributed by atoms with van der Waals surface area (Å²) in [6.07, 6.45) is 2.70. The lowest BCUT2D eigenvalue weighted by Gasteiger charge is -2.38. The molecule has 8 heteroatoms. The Bertz CT molecular complexity index is 994. The van der Waals surface area contributed by atoms with Gasteiger partial charge in [-0.1, -0.05) is 0 Å². The lowest BCUT2D eigenvalue weighted by molar-refractivity contribution is 0.0909. The van der Waals surface area contributed by atoms with Gasteiger partial charge in [-0.15, -0.1) is 0 Å². The first-order valence-corrected chi connectivity index (χ1v) is 11.7. The average Bonchev–Trinajstić information content (AvgIpc) is 3.01. The molecule has 0 aliphatic carbocycles. The Morgan fingerprint density at radius 1 is 1.07 bits per heavy atom. The summed E-state index contributed by atoms with van der Waals surface area (Å²) in [5.41, 5.74) is 0.396. The van der Waals surface area contributed by atoms with Crippen LogP contribution in [0.2, 0.25) is 0 Å². The fourth-order valence-corrected chi connectivity index (χ4v) is 6.40. The molecule has 6 nitrogen and oxygen atoms in total. The van der Waals surface area contributed by atoms with Crippen molar-refractivity contribution in [1.29, 1.82) is 0 Å². The van der Waals surface area contributed by atoms with Gasteiger partial charge in [0.15, 0.2) is 0 Å². The normalized spacial score (nSPS) is 23.9. The molecule has 1 unspecified atom stereocenters. The predicted octanol–water partition coefficient (Wildman–Crippen LogP) is 3.34. The number of nitrogens with one attached hydrogen (secondary N) is 1. The van der Waals surface area contributed by atoms with Crippen molar-refractivity contribution in [2.45, 2.75) is 55.6 Å². The fraction of sp³-hybridized carbons (Fsp3) is 0.409. The van der Waals surface area contributed by atoms with Crippen LogP contribution in [-0.2, 0) is 10.0 Å². The van der Waals surface area contributed by atoms with Gasteiger partial charge < -0.3 is 10.1 Å². The van der Waals surface area contributed by atoms with Crippen LogP contribution in [0.25, 0.3) is 0 Å². The molecule has 2 saturated heterocycles. The van der Waals surface area contributed by atoms with E-state index < -0.39 is 15.8 Å². The number of hydrogen-bond donors (Lipinski definition) is 1. The molecule has 2 heterocycles. The molecule has 4 rings (SSSR count). The Morgan fingerprint density at radius 2 is 1.67 bits per heavy atom. The number of amides is 1. The second-order valence-electron chi connectivity index (χ2n) is 7.77. The van der Waals surface area contributed by atoms with Crippen LogP contribution in [-0.4, -0.2) is 43.4 Å². The number of ether oxygens (including phenoxy) is 1. The Balaban J connectivity index is 1.45. The third-order valence-corrected chi connectivity index (χ3v) is 7.84. The quantitative estimate of drug-likeness (QED) is 0.760. The van der Waals surface area contributed by atoms with E-state index in [1.54, 1.807) is 28.6 Å². The molecule has 0 radical (unpaired) electrons. The van der Waals surface area contributed by atoms with Crippen molar-refractivity contribution in [1.82, 2.24) is 9.62 Å². The summed E-state index contributed by atoms with van der Waals surface area (Å²) in [6, 6.07) is 11.5. The SMILES string of the molecule is CCOc1ccc(S(=O)(=O)N2[C@@H]3CC[C@H]2CC(NC(=O)c2ccc(F)cc2)C3)cc1. The standard InChI is InChI=1S/C22H25FN2O4S/c1-2-29-20-9-11-21(12-10-20)30(27,28)25-18-7-8-19(25)14-17(13-18)24-22(26)15-3-5-16(23)6-4-15/h3-6,9-12,17-19H,2,7-8,13-14H2,1H3,(H,24,26)/t17?,18-,19+. The van der Waals surface area contributed by atoms with E-state index in [2.05, 4.69) is 5.32 Å². The van der Waals surface area contributed by atoms with Crippen molar-refractivity contribution < 1.29 is 22.3 Å². The second kappa shape index (κ2) is 8.35. The Morgan fingerprint density at radius 3 is 2.23 bits per heavy atom. The molecule has 2 aromatic rings. The highest BCUT2D eigenvalue weighted by Gasteiger charge is 2.47. The maximum Gasteiger partial charge on any atom is 0.251 e. The predicted molar refractivity (Wildman–Crippen MR) is 110 cm³/mol. The number of rotatable bonds is 6. The lowest BCUT2D eigenvalue weighted by Crippen LogP contribution is -2.52. The molecule has 2 fully saturated rings. The van der Waals surface area contributed by atoms with Gasteiger partial charge in [0.05, 0.1) is 11.5 Å².